The van der Waals surface area contributed by atoms with Crippen LogP contribution in [-0.4, -0.2) is 42.4 Å². The molecule has 0 spiro atoms. The highest BCUT2D eigenvalue weighted by molar-refractivity contribution is 5.82. The van der Waals surface area contributed by atoms with Gasteiger partial charge in [-0.05, 0) is 78.9 Å². The largest absolute Gasteiger partial charge is 0.490 e. The Kier molecular flexibility index (Phi) is 9.05. The minimum atomic E-state index is -0.540. The van der Waals surface area contributed by atoms with E-state index in [4.69, 9.17) is 14.2 Å². The van der Waals surface area contributed by atoms with Crippen LogP contribution < -0.4 is 4.74 Å². The number of piperidine rings is 1. The Balaban J connectivity index is 1.26. The second-order valence-corrected chi connectivity index (χ2v) is 11.5. The van der Waals surface area contributed by atoms with E-state index in [9.17, 15) is 4.79 Å². The maximum Gasteiger partial charge on any atom is 0.410 e. The van der Waals surface area contributed by atoms with E-state index in [1.807, 2.05) is 63.2 Å². The van der Waals surface area contributed by atoms with E-state index in [1.165, 1.54) is 16.3 Å². The number of hydrogen-bond acceptors (Lipinski definition) is 4. The minimum absolute atomic E-state index is 0.154. The molecule has 1 aliphatic rings. The van der Waals surface area contributed by atoms with Crippen molar-refractivity contribution in [1.29, 1.82) is 0 Å². The Morgan fingerprint density at radius 2 is 1.63 bits per heavy atom. The smallest absolute Gasteiger partial charge is 0.410 e. The molecule has 212 valence electrons. The van der Waals surface area contributed by atoms with Crippen LogP contribution in [0.4, 0.5) is 4.79 Å². The van der Waals surface area contributed by atoms with Crippen LogP contribution >= 0.6 is 0 Å². The SMILES string of the molecule is CC(C)(C)OC(=O)N1CCC(c2ccc(OC/C=C/c3ccccc3)cc2)C(OCc2ccc3ccccc3c2)C1. The molecule has 4 aromatic carbocycles. The standard InChI is InChI=1S/C36H39NO4/c1-36(2,3)41-35(38)37-22-21-33(34(25-37)40-26-28-15-16-29-13-7-8-14-31(29)24-28)30-17-19-32(20-18-30)39-23-9-12-27-10-5-4-6-11-27/h4-20,24,33-34H,21-23,25-26H2,1-3H3/b12-9+. The molecular weight excluding hydrogens is 510 g/mol. The van der Waals surface area contributed by atoms with Crippen molar-refractivity contribution in [2.75, 3.05) is 19.7 Å². The molecule has 41 heavy (non-hydrogen) atoms. The van der Waals surface area contributed by atoms with Crippen LogP contribution in [0.25, 0.3) is 16.8 Å². The van der Waals surface area contributed by atoms with Gasteiger partial charge < -0.3 is 19.1 Å². The van der Waals surface area contributed by atoms with Gasteiger partial charge in [0.1, 0.15) is 18.0 Å². The predicted molar refractivity (Wildman–Crippen MR) is 165 cm³/mol. The molecule has 1 aliphatic heterocycles. The number of carbonyl (C=O) groups is 1. The fourth-order valence-corrected chi connectivity index (χ4v) is 5.19. The van der Waals surface area contributed by atoms with Crippen molar-refractivity contribution in [2.24, 2.45) is 0 Å². The van der Waals surface area contributed by atoms with Gasteiger partial charge in [0.15, 0.2) is 0 Å². The van der Waals surface area contributed by atoms with Gasteiger partial charge in [0.2, 0.25) is 0 Å². The summed E-state index contributed by atoms with van der Waals surface area (Å²) in [7, 11) is 0. The highest BCUT2D eigenvalue weighted by Crippen LogP contribution is 2.33. The lowest BCUT2D eigenvalue weighted by atomic mass is 9.87. The van der Waals surface area contributed by atoms with Crippen LogP contribution in [0.2, 0.25) is 0 Å². The highest BCUT2D eigenvalue weighted by atomic mass is 16.6. The van der Waals surface area contributed by atoms with E-state index in [0.29, 0.717) is 26.3 Å². The zero-order valence-corrected chi connectivity index (χ0v) is 24.2. The average Bonchev–Trinajstić information content (AvgIpc) is 2.98. The topological polar surface area (TPSA) is 48.0 Å². The number of benzene rings is 4. The van der Waals surface area contributed by atoms with Crippen LogP contribution in [0.15, 0.2) is 103 Å². The van der Waals surface area contributed by atoms with E-state index in [0.717, 1.165) is 23.3 Å². The third-order valence-electron chi connectivity index (χ3n) is 7.25. The molecule has 2 unspecified atom stereocenters. The normalized spacial score (nSPS) is 17.6. The summed E-state index contributed by atoms with van der Waals surface area (Å²) in [5.74, 6) is 0.979. The fourth-order valence-electron chi connectivity index (χ4n) is 5.19. The van der Waals surface area contributed by atoms with E-state index in [2.05, 4.69) is 66.7 Å². The molecule has 4 aromatic rings. The summed E-state index contributed by atoms with van der Waals surface area (Å²) in [6.07, 6.45) is 4.42. The fraction of sp³-hybridized carbons (Fsp3) is 0.306. The molecule has 5 nitrogen and oxygen atoms in total. The van der Waals surface area contributed by atoms with Crippen LogP contribution in [0.5, 0.6) is 5.75 Å². The molecule has 0 saturated carbocycles. The molecule has 0 aromatic heterocycles. The monoisotopic (exact) mass is 549 g/mol. The lowest BCUT2D eigenvalue weighted by Crippen LogP contribution is -2.48. The second-order valence-electron chi connectivity index (χ2n) is 11.5. The first-order chi connectivity index (χ1) is 19.8. The molecule has 1 saturated heterocycles. The van der Waals surface area contributed by atoms with Gasteiger partial charge in [0.05, 0.1) is 19.3 Å². The van der Waals surface area contributed by atoms with Crippen molar-refractivity contribution in [1.82, 2.24) is 4.90 Å². The number of amides is 1. The molecule has 0 N–H and O–H groups in total. The van der Waals surface area contributed by atoms with Crippen molar-refractivity contribution in [3.05, 3.63) is 120 Å². The first-order valence-electron chi connectivity index (χ1n) is 14.4. The Morgan fingerprint density at radius 3 is 2.39 bits per heavy atom. The zero-order valence-electron chi connectivity index (χ0n) is 24.2. The molecule has 0 aliphatic carbocycles. The molecule has 2 atom stereocenters. The quantitative estimate of drug-likeness (QED) is 0.222. The number of carbonyl (C=O) groups excluding carboxylic acids is 1. The summed E-state index contributed by atoms with van der Waals surface area (Å²) < 4.78 is 18.2. The van der Waals surface area contributed by atoms with Gasteiger partial charge in [0, 0.05) is 12.5 Å². The molecule has 5 rings (SSSR count). The van der Waals surface area contributed by atoms with Gasteiger partial charge >= 0.3 is 6.09 Å². The Morgan fingerprint density at radius 1 is 0.902 bits per heavy atom. The zero-order chi connectivity index (χ0) is 28.7. The number of fused-ring (bicyclic) bond motifs is 1. The number of hydrogen-bond donors (Lipinski definition) is 0. The molecule has 5 heteroatoms. The third kappa shape index (κ3) is 7.99. The lowest BCUT2D eigenvalue weighted by molar-refractivity contribution is -0.0359. The molecular formula is C36H39NO4. The van der Waals surface area contributed by atoms with Crippen LogP contribution in [0.1, 0.15) is 49.8 Å². The maximum atomic E-state index is 12.9. The van der Waals surface area contributed by atoms with Gasteiger partial charge in [-0.1, -0.05) is 84.9 Å². The molecule has 0 radical (unpaired) electrons. The lowest BCUT2D eigenvalue weighted by Gasteiger charge is -2.39. The first-order valence-corrected chi connectivity index (χ1v) is 14.4. The van der Waals surface area contributed by atoms with Gasteiger partial charge in [-0.2, -0.15) is 0 Å². The van der Waals surface area contributed by atoms with E-state index < -0.39 is 5.60 Å². The number of ether oxygens (including phenoxy) is 3. The van der Waals surface area contributed by atoms with Crippen molar-refractivity contribution >= 4 is 22.9 Å². The maximum absolute atomic E-state index is 12.9. The summed E-state index contributed by atoms with van der Waals surface area (Å²) >= 11 is 0. The summed E-state index contributed by atoms with van der Waals surface area (Å²) in [5, 5.41) is 2.40. The third-order valence-corrected chi connectivity index (χ3v) is 7.25. The van der Waals surface area contributed by atoms with E-state index in [-0.39, 0.29) is 18.1 Å². The van der Waals surface area contributed by atoms with Gasteiger partial charge in [-0.15, -0.1) is 0 Å². The van der Waals surface area contributed by atoms with Crippen LogP contribution in [0, 0.1) is 0 Å². The highest BCUT2D eigenvalue weighted by Gasteiger charge is 2.35. The van der Waals surface area contributed by atoms with Gasteiger partial charge in [-0.3, -0.25) is 0 Å². The van der Waals surface area contributed by atoms with Crippen LogP contribution in [0.3, 0.4) is 0 Å². The molecule has 1 amide bonds. The summed E-state index contributed by atoms with van der Waals surface area (Å²) in [4.78, 5) is 14.7. The number of likely N-dealkylation sites (tertiary alicyclic amines) is 1. The molecule has 0 bridgehead atoms. The minimum Gasteiger partial charge on any atom is -0.490 e. The molecule has 1 heterocycles. The number of nitrogens with zero attached hydrogens (tertiary/aromatic N) is 1. The van der Waals surface area contributed by atoms with Crippen LogP contribution in [-0.2, 0) is 16.1 Å². The second kappa shape index (κ2) is 13.0. The van der Waals surface area contributed by atoms with Crippen molar-refractivity contribution < 1.29 is 19.0 Å². The number of rotatable bonds is 8. The summed E-state index contributed by atoms with van der Waals surface area (Å²) in [6, 6.07) is 33.2. The van der Waals surface area contributed by atoms with Gasteiger partial charge in [-0.25, -0.2) is 4.79 Å². The summed E-state index contributed by atoms with van der Waals surface area (Å²) in [6.45, 7) is 7.77. The predicted octanol–water partition coefficient (Wildman–Crippen LogP) is 8.24. The molecule has 1 fully saturated rings. The Hall–Kier alpha value is -4.09. The van der Waals surface area contributed by atoms with Crippen molar-refractivity contribution in [3.63, 3.8) is 0 Å². The van der Waals surface area contributed by atoms with E-state index >= 15 is 0 Å². The van der Waals surface area contributed by atoms with Crippen molar-refractivity contribution in [2.45, 2.75) is 51.4 Å². The average molecular weight is 550 g/mol. The Labute approximate surface area is 243 Å². The van der Waals surface area contributed by atoms with Crippen molar-refractivity contribution in [3.8, 4) is 5.75 Å². The van der Waals surface area contributed by atoms with E-state index in [1.54, 1.807) is 4.90 Å². The van der Waals surface area contributed by atoms with Gasteiger partial charge in [0.25, 0.3) is 0 Å². The summed E-state index contributed by atoms with van der Waals surface area (Å²) in [5.41, 5.74) is 2.91. The first kappa shape index (κ1) is 28.4. The Bertz CT molecular complexity index is 1460.